The Hall–Kier alpha value is -2.04. The molecular formula is C8H6N4O. The van der Waals surface area contributed by atoms with Gasteiger partial charge in [-0.15, -0.1) is 0 Å². The van der Waals surface area contributed by atoms with Gasteiger partial charge in [-0.3, -0.25) is 4.79 Å². The van der Waals surface area contributed by atoms with Crippen LogP contribution in [0.3, 0.4) is 0 Å². The average Bonchev–Trinajstić information content (AvgIpc) is 2.19. The van der Waals surface area contributed by atoms with Gasteiger partial charge in [0.25, 0.3) is 5.56 Å². The van der Waals surface area contributed by atoms with Crippen molar-refractivity contribution >= 4 is 0 Å². The highest BCUT2D eigenvalue weighted by Gasteiger charge is 1.98. The molecule has 0 unspecified atom stereocenters. The second-order valence-electron chi connectivity index (χ2n) is 2.42. The summed E-state index contributed by atoms with van der Waals surface area (Å²) in [5, 5.41) is 0. The highest BCUT2D eigenvalue weighted by molar-refractivity contribution is 5.55. The first-order valence-corrected chi connectivity index (χ1v) is 3.66. The lowest BCUT2D eigenvalue weighted by molar-refractivity contribution is 1.10. The van der Waals surface area contributed by atoms with Crippen LogP contribution in [0.4, 0.5) is 0 Å². The minimum Gasteiger partial charge on any atom is -0.313 e. The third kappa shape index (κ3) is 1.58. The van der Waals surface area contributed by atoms with Crippen LogP contribution in [-0.2, 0) is 0 Å². The topological polar surface area (TPSA) is 71.5 Å². The predicted octanol–water partition coefficient (Wildman–Crippen LogP) is 0.227. The van der Waals surface area contributed by atoms with Gasteiger partial charge in [-0.25, -0.2) is 15.0 Å². The first kappa shape index (κ1) is 7.60. The summed E-state index contributed by atoms with van der Waals surface area (Å²) >= 11 is 0. The van der Waals surface area contributed by atoms with Gasteiger partial charge in [0.2, 0.25) is 0 Å². The first-order chi connectivity index (χ1) is 6.36. The van der Waals surface area contributed by atoms with Crippen molar-refractivity contribution in [3.05, 3.63) is 41.5 Å². The number of nitrogens with one attached hydrogen (secondary N) is 1. The minimum atomic E-state index is -0.186. The molecule has 0 aliphatic carbocycles. The quantitative estimate of drug-likeness (QED) is 0.671. The maximum atomic E-state index is 10.9. The normalized spacial score (nSPS) is 9.85. The van der Waals surface area contributed by atoms with E-state index in [1.165, 1.54) is 18.7 Å². The number of aromatic nitrogens is 4. The van der Waals surface area contributed by atoms with Crippen LogP contribution in [0.5, 0.6) is 0 Å². The van der Waals surface area contributed by atoms with Gasteiger partial charge >= 0.3 is 0 Å². The molecule has 5 nitrogen and oxygen atoms in total. The van der Waals surface area contributed by atoms with Gasteiger partial charge in [0, 0.05) is 24.0 Å². The average molecular weight is 174 g/mol. The van der Waals surface area contributed by atoms with Gasteiger partial charge in [-0.2, -0.15) is 0 Å². The van der Waals surface area contributed by atoms with Gasteiger partial charge in [0.05, 0.1) is 12.0 Å². The summed E-state index contributed by atoms with van der Waals surface area (Å²) in [4.78, 5) is 25.0. The molecule has 2 aromatic heterocycles. The van der Waals surface area contributed by atoms with Gasteiger partial charge in [0.1, 0.15) is 6.33 Å². The lowest BCUT2D eigenvalue weighted by Gasteiger charge is -1.95. The highest BCUT2D eigenvalue weighted by atomic mass is 16.1. The fourth-order valence-corrected chi connectivity index (χ4v) is 0.958. The van der Waals surface area contributed by atoms with Crippen LogP contribution in [0.2, 0.25) is 0 Å². The van der Waals surface area contributed by atoms with Crippen molar-refractivity contribution in [1.82, 2.24) is 19.9 Å². The standard InChI is InChI=1S/C8H6N4O/c13-8-1-7(11-5-12-8)6-2-9-4-10-3-6/h1-5H,(H,11,12,13). The molecule has 0 saturated heterocycles. The molecule has 0 aromatic carbocycles. The zero-order chi connectivity index (χ0) is 9.10. The Morgan fingerprint density at radius 3 is 2.69 bits per heavy atom. The van der Waals surface area contributed by atoms with E-state index in [9.17, 15) is 4.79 Å². The van der Waals surface area contributed by atoms with Gasteiger partial charge in [-0.1, -0.05) is 0 Å². The number of hydrogen-bond acceptors (Lipinski definition) is 4. The number of nitrogens with zero attached hydrogens (tertiary/aromatic N) is 3. The van der Waals surface area contributed by atoms with Crippen molar-refractivity contribution < 1.29 is 0 Å². The molecular weight excluding hydrogens is 168 g/mol. The van der Waals surface area contributed by atoms with E-state index in [0.717, 1.165) is 5.56 Å². The Labute approximate surface area is 73.5 Å². The predicted molar refractivity (Wildman–Crippen MR) is 45.9 cm³/mol. The molecule has 1 N–H and O–H groups in total. The molecule has 2 heterocycles. The highest BCUT2D eigenvalue weighted by Crippen LogP contribution is 2.09. The Kier molecular flexibility index (Phi) is 1.84. The van der Waals surface area contributed by atoms with E-state index in [4.69, 9.17) is 0 Å². The van der Waals surface area contributed by atoms with Gasteiger partial charge in [0.15, 0.2) is 0 Å². The number of aromatic amines is 1. The Morgan fingerprint density at radius 2 is 2.00 bits per heavy atom. The molecule has 0 aliphatic heterocycles. The molecule has 5 heteroatoms. The molecule has 64 valence electrons. The second-order valence-corrected chi connectivity index (χ2v) is 2.42. The summed E-state index contributed by atoms with van der Waals surface area (Å²) < 4.78 is 0. The minimum absolute atomic E-state index is 0.186. The van der Waals surface area contributed by atoms with Crippen LogP contribution in [0, 0.1) is 0 Å². The smallest absolute Gasteiger partial charge is 0.251 e. The monoisotopic (exact) mass is 174 g/mol. The zero-order valence-electron chi connectivity index (χ0n) is 6.64. The maximum Gasteiger partial charge on any atom is 0.251 e. The SMILES string of the molecule is O=c1cc(-c2cncnc2)nc[nH]1. The Bertz CT molecular complexity index is 451. The van der Waals surface area contributed by atoms with Gasteiger partial charge < -0.3 is 4.98 Å². The summed E-state index contributed by atoms with van der Waals surface area (Å²) in [5.74, 6) is 0. The fraction of sp³-hybridized carbons (Fsp3) is 0. The van der Waals surface area contributed by atoms with Crippen molar-refractivity contribution in [2.24, 2.45) is 0 Å². The van der Waals surface area contributed by atoms with E-state index in [0.29, 0.717) is 5.69 Å². The van der Waals surface area contributed by atoms with E-state index in [2.05, 4.69) is 19.9 Å². The molecule has 0 spiro atoms. The summed E-state index contributed by atoms with van der Waals surface area (Å²) in [6.45, 7) is 0. The number of hydrogen-bond donors (Lipinski definition) is 1. The van der Waals surface area contributed by atoms with Crippen LogP contribution >= 0.6 is 0 Å². The molecule has 0 radical (unpaired) electrons. The summed E-state index contributed by atoms with van der Waals surface area (Å²) in [7, 11) is 0. The maximum absolute atomic E-state index is 10.9. The number of rotatable bonds is 1. The molecule has 2 aromatic rings. The molecule has 13 heavy (non-hydrogen) atoms. The van der Waals surface area contributed by atoms with Crippen LogP contribution in [0.15, 0.2) is 35.9 Å². The molecule has 0 saturated carbocycles. The van der Waals surface area contributed by atoms with E-state index in [1.807, 2.05) is 0 Å². The molecule has 0 aliphatic rings. The van der Waals surface area contributed by atoms with Crippen molar-refractivity contribution in [2.75, 3.05) is 0 Å². The van der Waals surface area contributed by atoms with Crippen molar-refractivity contribution in [2.45, 2.75) is 0 Å². The second kappa shape index (κ2) is 3.14. The van der Waals surface area contributed by atoms with Gasteiger partial charge in [-0.05, 0) is 0 Å². The van der Waals surface area contributed by atoms with Crippen molar-refractivity contribution in [1.29, 1.82) is 0 Å². The van der Waals surface area contributed by atoms with E-state index >= 15 is 0 Å². The van der Waals surface area contributed by atoms with Crippen LogP contribution in [0.1, 0.15) is 0 Å². The van der Waals surface area contributed by atoms with Crippen molar-refractivity contribution in [3.63, 3.8) is 0 Å². The zero-order valence-corrected chi connectivity index (χ0v) is 6.64. The summed E-state index contributed by atoms with van der Waals surface area (Å²) in [5.41, 5.74) is 1.12. The van der Waals surface area contributed by atoms with Crippen LogP contribution < -0.4 is 5.56 Å². The van der Waals surface area contributed by atoms with Crippen molar-refractivity contribution in [3.8, 4) is 11.3 Å². The molecule has 2 rings (SSSR count). The third-order valence-electron chi connectivity index (χ3n) is 1.53. The van der Waals surface area contributed by atoms with E-state index in [-0.39, 0.29) is 5.56 Å². The van der Waals surface area contributed by atoms with E-state index in [1.54, 1.807) is 12.4 Å². The lowest BCUT2D eigenvalue weighted by atomic mass is 10.2. The van der Waals surface area contributed by atoms with Crippen LogP contribution in [0.25, 0.3) is 11.3 Å². The molecule has 0 amide bonds. The molecule has 0 bridgehead atoms. The summed E-state index contributed by atoms with van der Waals surface area (Å²) in [6.07, 6.45) is 5.99. The molecule has 0 atom stereocenters. The third-order valence-corrected chi connectivity index (χ3v) is 1.53. The lowest BCUT2D eigenvalue weighted by Crippen LogP contribution is -2.04. The first-order valence-electron chi connectivity index (χ1n) is 3.66. The van der Waals surface area contributed by atoms with E-state index < -0.39 is 0 Å². The molecule has 0 fully saturated rings. The largest absolute Gasteiger partial charge is 0.313 e. The Morgan fingerprint density at radius 1 is 1.23 bits per heavy atom. The van der Waals surface area contributed by atoms with Crippen LogP contribution in [-0.4, -0.2) is 19.9 Å². The fourth-order valence-electron chi connectivity index (χ4n) is 0.958. The Balaban J connectivity index is 2.54. The number of H-pyrrole nitrogens is 1. The summed E-state index contributed by atoms with van der Waals surface area (Å²) in [6, 6.07) is 1.40.